The van der Waals surface area contributed by atoms with Gasteiger partial charge in [0.05, 0.1) is 9.60 Å². The summed E-state index contributed by atoms with van der Waals surface area (Å²) in [6.07, 6.45) is 3.54. The highest BCUT2D eigenvalue weighted by atomic mass is 32.2. The van der Waals surface area contributed by atoms with Gasteiger partial charge in [0.15, 0.2) is 0 Å². The zero-order valence-corrected chi connectivity index (χ0v) is 10.7. The van der Waals surface area contributed by atoms with Crippen molar-refractivity contribution in [3.05, 3.63) is 30.0 Å². The van der Waals surface area contributed by atoms with Gasteiger partial charge >= 0.3 is 0 Å². The van der Waals surface area contributed by atoms with Gasteiger partial charge in [-0.3, -0.25) is 0 Å². The van der Waals surface area contributed by atoms with Crippen LogP contribution in [-0.4, -0.2) is 22.0 Å². The van der Waals surface area contributed by atoms with Crippen LogP contribution in [0.3, 0.4) is 0 Å². The highest BCUT2D eigenvalue weighted by molar-refractivity contribution is 8.01. The molecule has 0 spiro atoms. The summed E-state index contributed by atoms with van der Waals surface area (Å²) in [6, 6.07) is 4.16. The van der Waals surface area contributed by atoms with Crippen LogP contribution in [0, 0.1) is 0 Å². The van der Waals surface area contributed by atoms with Crippen LogP contribution in [0.4, 0.5) is 5.82 Å². The Labute approximate surface area is 106 Å². The number of fused-ring (bicyclic) bond motifs is 1. The Hall–Kier alpha value is -1.53. The Balaban J connectivity index is 2.10. The van der Waals surface area contributed by atoms with E-state index in [0.717, 1.165) is 21.7 Å². The summed E-state index contributed by atoms with van der Waals surface area (Å²) in [7, 11) is 1.87. The molecule has 17 heavy (non-hydrogen) atoms. The molecular formula is C11H10N4S2. The summed E-state index contributed by atoms with van der Waals surface area (Å²) in [5, 5.41) is 6.22. The van der Waals surface area contributed by atoms with Crippen molar-refractivity contribution >= 4 is 39.9 Å². The maximum Gasteiger partial charge on any atom is 0.144 e. The molecule has 4 nitrogen and oxygen atoms in total. The van der Waals surface area contributed by atoms with Crippen LogP contribution >= 0.6 is 23.1 Å². The molecule has 2 N–H and O–H groups in total. The Kier molecular flexibility index (Phi) is 2.74. The summed E-state index contributed by atoms with van der Waals surface area (Å²) in [6.45, 7) is 0. The third kappa shape index (κ3) is 1.89. The van der Waals surface area contributed by atoms with Gasteiger partial charge in [-0.15, -0.1) is 11.3 Å². The lowest BCUT2D eigenvalue weighted by Crippen LogP contribution is -1.93. The van der Waals surface area contributed by atoms with Crippen LogP contribution in [0.5, 0.6) is 0 Å². The second kappa shape index (κ2) is 4.38. The number of hydrogen-bond donors (Lipinski definition) is 2. The molecule has 0 saturated heterocycles. The van der Waals surface area contributed by atoms with Crippen molar-refractivity contribution < 1.29 is 0 Å². The van der Waals surface area contributed by atoms with Gasteiger partial charge in [-0.05, 0) is 11.4 Å². The van der Waals surface area contributed by atoms with E-state index in [1.54, 1.807) is 29.4 Å². The fraction of sp³-hybridized carbons (Fsp3) is 0.0909. The minimum absolute atomic E-state index is 0.857. The zero-order chi connectivity index (χ0) is 11.7. The van der Waals surface area contributed by atoms with Gasteiger partial charge in [0.2, 0.25) is 0 Å². The van der Waals surface area contributed by atoms with E-state index in [0.29, 0.717) is 0 Å². The topological polar surface area (TPSA) is 53.6 Å². The van der Waals surface area contributed by atoms with Crippen molar-refractivity contribution in [3.8, 4) is 0 Å². The summed E-state index contributed by atoms with van der Waals surface area (Å²) in [5.41, 5.74) is 0.864. The van der Waals surface area contributed by atoms with Gasteiger partial charge in [-0.1, -0.05) is 17.8 Å². The molecule has 0 radical (unpaired) electrons. The van der Waals surface area contributed by atoms with Crippen molar-refractivity contribution in [2.45, 2.75) is 9.10 Å². The molecule has 0 aromatic carbocycles. The first-order valence-corrected chi connectivity index (χ1v) is 6.79. The largest absolute Gasteiger partial charge is 0.372 e. The van der Waals surface area contributed by atoms with Crippen molar-refractivity contribution in [2.75, 3.05) is 12.4 Å². The van der Waals surface area contributed by atoms with Crippen LogP contribution in [0.25, 0.3) is 11.0 Å². The molecule has 0 fully saturated rings. The van der Waals surface area contributed by atoms with Gasteiger partial charge in [0, 0.05) is 18.1 Å². The molecule has 86 valence electrons. The molecule has 0 aliphatic heterocycles. The van der Waals surface area contributed by atoms with E-state index in [-0.39, 0.29) is 0 Å². The average Bonchev–Trinajstić information content (AvgIpc) is 2.99. The van der Waals surface area contributed by atoms with Gasteiger partial charge in [0.25, 0.3) is 0 Å². The minimum atomic E-state index is 0.857. The Bertz CT molecular complexity index is 630. The molecule has 0 amide bonds. The lowest BCUT2D eigenvalue weighted by molar-refractivity contribution is 1.19. The van der Waals surface area contributed by atoms with E-state index in [2.05, 4.69) is 37.8 Å². The zero-order valence-electron chi connectivity index (χ0n) is 9.10. The first kappa shape index (κ1) is 10.6. The monoisotopic (exact) mass is 262 g/mol. The molecule has 0 aliphatic rings. The Morgan fingerprint density at radius 2 is 2.35 bits per heavy atom. The first-order chi connectivity index (χ1) is 8.38. The molecule has 0 unspecified atom stereocenters. The summed E-state index contributed by atoms with van der Waals surface area (Å²) in [4.78, 5) is 12.8. The third-order valence-corrected chi connectivity index (χ3v) is 4.46. The standard InChI is InChI=1S/C11H10N4S2/c1-12-10-9-7(17-8-3-2-4-16-8)5-13-11(9)15-6-14-10/h2-6H,1H3,(H2,12,13,14,15). The van der Waals surface area contributed by atoms with Crippen molar-refractivity contribution in [1.29, 1.82) is 0 Å². The van der Waals surface area contributed by atoms with E-state index in [1.165, 1.54) is 4.21 Å². The van der Waals surface area contributed by atoms with Crippen molar-refractivity contribution in [3.63, 3.8) is 0 Å². The highest BCUT2D eigenvalue weighted by Crippen LogP contribution is 2.37. The maximum atomic E-state index is 4.24. The number of nitrogens with one attached hydrogen (secondary N) is 2. The van der Waals surface area contributed by atoms with Gasteiger partial charge in [0.1, 0.15) is 17.8 Å². The number of anilines is 1. The number of rotatable bonds is 3. The van der Waals surface area contributed by atoms with E-state index >= 15 is 0 Å². The summed E-state index contributed by atoms with van der Waals surface area (Å²) in [5.74, 6) is 0.857. The predicted molar refractivity (Wildman–Crippen MR) is 71.9 cm³/mol. The van der Waals surface area contributed by atoms with Crippen LogP contribution in [-0.2, 0) is 0 Å². The number of H-pyrrole nitrogens is 1. The smallest absolute Gasteiger partial charge is 0.144 e. The van der Waals surface area contributed by atoms with Gasteiger partial charge in [-0.2, -0.15) is 0 Å². The summed E-state index contributed by atoms with van der Waals surface area (Å²) >= 11 is 3.46. The Morgan fingerprint density at radius 1 is 1.41 bits per heavy atom. The quantitative estimate of drug-likeness (QED) is 0.761. The predicted octanol–water partition coefficient (Wildman–Crippen LogP) is 3.21. The molecule has 0 aliphatic carbocycles. The number of thiophene rings is 1. The molecule has 3 heterocycles. The molecule has 3 aromatic rings. The number of hydrogen-bond acceptors (Lipinski definition) is 5. The number of aromatic nitrogens is 3. The first-order valence-electron chi connectivity index (χ1n) is 5.09. The molecule has 0 atom stereocenters. The van der Waals surface area contributed by atoms with Crippen LogP contribution < -0.4 is 5.32 Å². The molecule has 3 aromatic heterocycles. The minimum Gasteiger partial charge on any atom is -0.372 e. The molecule has 0 bridgehead atoms. The van der Waals surface area contributed by atoms with Crippen LogP contribution in [0.2, 0.25) is 0 Å². The highest BCUT2D eigenvalue weighted by Gasteiger charge is 2.11. The molecule has 6 heteroatoms. The Morgan fingerprint density at radius 3 is 3.12 bits per heavy atom. The van der Waals surface area contributed by atoms with Gasteiger partial charge in [-0.25, -0.2) is 9.97 Å². The fourth-order valence-corrected chi connectivity index (χ4v) is 3.49. The molecular weight excluding hydrogens is 252 g/mol. The van der Waals surface area contributed by atoms with E-state index < -0.39 is 0 Å². The normalized spacial score (nSPS) is 10.9. The number of nitrogens with zero attached hydrogens (tertiary/aromatic N) is 2. The molecule has 3 rings (SSSR count). The van der Waals surface area contributed by atoms with Gasteiger partial charge < -0.3 is 10.3 Å². The second-order valence-corrected chi connectivity index (χ2v) is 5.67. The second-order valence-electron chi connectivity index (χ2n) is 3.38. The third-order valence-electron chi connectivity index (χ3n) is 2.38. The van der Waals surface area contributed by atoms with E-state index in [9.17, 15) is 0 Å². The maximum absolute atomic E-state index is 4.24. The summed E-state index contributed by atoms with van der Waals surface area (Å²) < 4.78 is 1.26. The van der Waals surface area contributed by atoms with Crippen LogP contribution in [0.15, 0.2) is 39.1 Å². The lowest BCUT2D eigenvalue weighted by atomic mass is 10.4. The SMILES string of the molecule is CNc1ncnc2[nH]cc(Sc3cccs3)c12. The van der Waals surface area contributed by atoms with E-state index in [1.807, 2.05) is 13.2 Å². The van der Waals surface area contributed by atoms with Crippen molar-refractivity contribution in [2.24, 2.45) is 0 Å². The lowest BCUT2D eigenvalue weighted by Gasteiger charge is -2.02. The van der Waals surface area contributed by atoms with E-state index in [4.69, 9.17) is 0 Å². The van der Waals surface area contributed by atoms with Crippen LogP contribution in [0.1, 0.15) is 0 Å². The van der Waals surface area contributed by atoms with Crippen molar-refractivity contribution in [1.82, 2.24) is 15.0 Å². The molecule has 0 saturated carbocycles. The number of aromatic amines is 1. The average molecular weight is 262 g/mol. The fourth-order valence-electron chi connectivity index (χ4n) is 1.63.